The van der Waals surface area contributed by atoms with Gasteiger partial charge in [0.25, 0.3) is 0 Å². The molecule has 0 aliphatic rings. The molecule has 0 saturated carbocycles. The van der Waals surface area contributed by atoms with Gasteiger partial charge in [0, 0.05) is 0 Å². The number of rotatable bonds is 8. The Morgan fingerprint density at radius 2 is 1.96 bits per heavy atom. The van der Waals surface area contributed by atoms with Crippen LogP contribution in [0.3, 0.4) is 0 Å². The van der Waals surface area contributed by atoms with E-state index >= 15 is 0 Å². The Morgan fingerprint density at radius 3 is 2.48 bits per heavy atom. The Morgan fingerprint density at radius 1 is 1.28 bits per heavy atom. The van der Waals surface area contributed by atoms with E-state index in [0.717, 1.165) is 10.6 Å². The SMILES string of the molecule is CCOc1ccc(N([C@H](C)C(=O)NCc2ccco2)S(C)(=O)=O)cc1. The molecule has 1 amide bonds. The number of sulfonamides is 1. The lowest BCUT2D eigenvalue weighted by Crippen LogP contribution is -2.47. The molecule has 0 aliphatic carbocycles. The minimum atomic E-state index is -3.65. The van der Waals surface area contributed by atoms with Gasteiger partial charge in [-0.05, 0) is 50.2 Å². The highest BCUT2D eigenvalue weighted by atomic mass is 32.2. The van der Waals surface area contributed by atoms with E-state index in [0.29, 0.717) is 23.8 Å². The summed E-state index contributed by atoms with van der Waals surface area (Å²) in [5, 5.41) is 2.68. The molecular formula is C17H22N2O5S. The van der Waals surface area contributed by atoms with Gasteiger partial charge >= 0.3 is 0 Å². The second-order valence-corrected chi connectivity index (χ2v) is 7.32. The van der Waals surface area contributed by atoms with Crippen molar-refractivity contribution in [2.75, 3.05) is 17.2 Å². The van der Waals surface area contributed by atoms with E-state index in [1.54, 1.807) is 36.4 Å². The molecule has 1 heterocycles. The van der Waals surface area contributed by atoms with Crippen molar-refractivity contribution in [2.45, 2.75) is 26.4 Å². The van der Waals surface area contributed by atoms with E-state index in [-0.39, 0.29) is 6.54 Å². The van der Waals surface area contributed by atoms with Gasteiger partial charge < -0.3 is 14.5 Å². The van der Waals surface area contributed by atoms with E-state index in [1.807, 2.05) is 6.92 Å². The summed E-state index contributed by atoms with van der Waals surface area (Å²) in [6.45, 7) is 4.11. The minimum absolute atomic E-state index is 0.192. The standard InChI is InChI=1S/C17H22N2O5S/c1-4-23-15-9-7-14(8-10-15)19(25(3,21)22)13(2)17(20)18-12-16-6-5-11-24-16/h5-11,13H,4,12H2,1-3H3,(H,18,20)/t13-/m1/s1. The van der Waals surface area contributed by atoms with Crippen LogP contribution in [0.5, 0.6) is 5.75 Å². The first-order chi connectivity index (χ1) is 11.8. The summed E-state index contributed by atoms with van der Waals surface area (Å²) >= 11 is 0. The number of furan rings is 1. The van der Waals surface area contributed by atoms with Gasteiger partial charge in [0.05, 0.1) is 31.4 Å². The molecule has 0 spiro atoms. The zero-order valence-electron chi connectivity index (χ0n) is 14.4. The highest BCUT2D eigenvalue weighted by molar-refractivity contribution is 7.92. The van der Waals surface area contributed by atoms with Crippen LogP contribution in [-0.2, 0) is 21.4 Å². The lowest BCUT2D eigenvalue weighted by molar-refractivity contribution is -0.122. The maximum atomic E-state index is 12.4. The van der Waals surface area contributed by atoms with Gasteiger partial charge in [0.1, 0.15) is 17.6 Å². The molecule has 0 radical (unpaired) electrons. The Labute approximate surface area is 147 Å². The quantitative estimate of drug-likeness (QED) is 0.773. The number of ether oxygens (including phenoxy) is 1. The van der Waals surface area contributed by atoms with Crippen LogP contribution in [-0.4, -0.2) is 33.2 Å². The third-order valence-corrected chi connectivity index (χ3v) is 4.75. The van der Waals surface area contributed by atoms with Gasteiger partial charge in [-0.1, -0.05) is 0 Å². The van der Waals surface area contributed by atoms with Crippen LogP contribution in [0.1, 0.15) is 19.6 Å². The molecular weight excluding hydrogens is 344 g/mol. The number of anilines is 1. The summed E-state index contributed by atoms with van der Waals surface area (Å²) in [5.74, 6) is 0.804. The molecule has 1 aromatic heterocycles. The average Bonchev–Trinajstić information content (AvgIpc) is 3.07. The first-order valence-corrected chi connectivity index (χ1v) is 9.70. The summed E-state index contributed by atoms with van der Waals surface area (Å²) in [6.07, 6.45) is 2.58. The zero-order valence-corrected chi connectivity index (χ0v) is 15.2. The van der Waals surface area contributed by atoms with Gasteiger partial charge in [-0.15, -0.1) is 0 Å². The Hall–Kier alpha value is -2.48. The van der Waals surface area contributed by atoms with Crippen LogP contribution < -0.4 is 14.4 Å². The van der Waals surface area contributed by atoms with Gasteiger partial charge in [-0.25, -0.2) is 8.42 Å². The first kappa shape index (κ1) is 18.9. The molecule has 2 rings (SSSR count). The zero-order chi connectivity index (χ0) is 18.4. The van der Waals surface area contributed by atoms with Crippen LogP contribution in [0.4, 0.5) is 5.69 Å². The fraction of sp³-hybridized carbons (Fsp3) is 0.353. The number of hydrogen-bond acceptors (Lipinski definition) is 5. The van der Waals surface area contributed by atoms with Crippen LogP contribution in [0.15, 0.2) is 47.1 Å². The van der Waals surface area contributed by atoms with Crippen molar-refractivity contribution in [2.24, 2.45) is 0 Å². The Kier molecular flexibility index (Phi) is 6.08. The van der Waals surface area contributed by atoms with E-state index in [2.05, 4.69) is 5.32 Å². The molecule has 0 fully saturated rings. The van der Waals surface area contributed by atoms with Crippen molar-refractivity contribution in [3.63, 3.8) is 0 Å². The van der Waals surface area contributed by atoms with Crippen molar-refractivity contribution in [1.29, 1.82) is 0 Å². The predicted molar refractivity (Wildman–Crippen MR) is 95.0 cm³/mol. The monoisotopic (exact) mass is 366 g/mol. The fourth-order valence-electron chi connectivity index (χ4n) is 2.40. The minimum Gasteiger partial charge on any atom is -0.494 e. The summed E-state index contributed by atoms with van der Waals surface area (Å²) in [5.41, 5.74) is 0.395. The summed E-state index contributed by atoms with van der Waals surface area (Å²) in [4.78, 5) is 12.4. The number of nitrogens with zero attached hydrogens (tertiary/aromatic N) is 1. The second-order valence-electron chi connectivity index (χ2n) is 5.46. The van der Waals surface area contributed by atoms with Gasteiger partial charge in [-0.2, -0.15) is 0 Å². The topological polar surface area (TPSA) is 88.8 Å². The number of hydrogen-bond donors (Lipinski definition) is 1. The number of carbonyl (C=O) groups excluding carboxylic acids is 1. The van der Waals surface area contributed by atoms with E-state index in [1.165, 1.54) is 13.2 Å². The summed E-state index contributed by atoms with van der Waals surface area (Å²) in [6, 6.07) is 9.10. The maximum Gasteiger partial charge on any atom is 0.243 e. The average molecular weight is 366 g/mol. The highest BCUT2D eigenvalue weighted by Crippen LogP contribution is 2.24. The normalized spacial score (nSPS) is 12.4. The van der Waals surface area contributed by atoms with Crippen LogP contribution in [0.2, 0.25) is 0 Å². The lowest BCUT2D eigenvalue weighted by atomic mass is 10.2. The molecule has 1 atom stereocenters. The predicted octanol–water partition coefficient (Wildman–Crippen LogP) is 2.15. The first-order valence-electron chi connectivity index (χ1n) is 7.85. The van der Waals surface area contributed by atoms with E-state index in [9.17, 15) is 13.2 Å². The molecule has 1 aromatic carbocycles. The molecule has 8 heteroatoms. The molecule has 0 bridgehead atoms. The van der Waals surface area contributed by atoms with Gasteiger partial charge in [0.2, 0.25) is 15.9 Å². The fourth-order valence-corrected chi connectivity index (χ4v) is 3.57. The van der Waals surface area contributed by atoms with Crippen LogP contribution >= 0.6 is 0 Å². The smallest absolute Gasteiger partial charge is 0.243 e. The molecule has 0 unspecified atom stereocenters. The van der Waals surface area contributed by atoms with E-state index < -0.39 is 22.0 Å². The molecule has 0 aliphatic heterocycles. The molecule has 7 nitrogen and oxygen atoms in total. The summed E-state index contributed by atoms with van der Waals surface area (Å²) in [7, 11) is -3.65. The third kappa shape index (κ3) is 4.99. The van der Waals surface area contributed by atoms with Crippen molar-refractivity contribution in [1.82, 2.24) is 5.32 Å². The number of nitrogens with one attached hydrogen (secondary N) is 1. The molecule has 2 aromatic rings. The van der Waals surface area contributed by atoms with Crippen LogP contribution in [0.25, 0.3) is 0 Å². The van der Waals surface area contributed by atoms with Gasteiger partial charge in [-0.3, -0.25) is 9.10 Å². The van der Waals surface area contributed by atoms with Crippen molar-refractivity contribution >= 4 is 21.6 Å². The number of carbonyl (C=O) groups is 1. The third-order valence-electron chi connectivity index (χ3n) is 3.51. The number of benzene rings is 1. The van der Waals surface area contributed by atoms with Crippen LogP contribution in [0, 0.1) is 0 Å². The molecule has 25 heavy (non-hydrogen) atoms. The molecule has 0 saturated heterocycles. The molecule has 1 N–H and O–H groups in total. The largest absolute Gasteiger partial charge is 0.494 e. The summed E-state index contributed by atoms with van der Waals surface area (Å²) < 4.78 is 36.0. The lowest BCUT2D eigenvalue weighted by Gasteiger charge is -2.28. The Bertz CT molecular complexity index is 785. The Balaban J connectivity index is 2.17. The molecule has 136 valence electrons. The van der Waals surface area contributed by atoms with Gasteiger partial charge in [0.15, 0.2) is 0 Å². The van der Waals surface area contributed by atoms with Crippen molar-refractivity contribution < 1.29 is 22.4 Å². The van der Waals surface area contributed by atoms with E-state index in [4.69, 9.17) is 9.15 Å². The van der Waals surface area contributed by atoms with Crippen molar-refractivity contribution in [3.05, 3.63) is 48.4 Å². The maximum absolute atomic E-state index is 12.4. The highest BCUT2D eigenvalue weighted by Gasteiger charge is 2.29. The number of amides is 1. The van der Waals surface area contributed by atoms with Crippen molar-refractivity contribution in [3.8, 4) is 5.75 Å². The second kappa shape index (κ2) is 8.06.